The van der Waals surface area contributed by atoms with Crippen LogP contribution in [-0.4, -0.2) is 0 Å². The van der Waals surface area contributed by atoms with Crippen LogP contribution in [0.5, 0.6) is 0 Å². The van der Waals surface area contributed by atoms with Gasteiger partial charge in [-0.2, -0.15) is 0 Å². The van der Waals surface area contributed by atoms with Crippen LogP contribution in [-0.2, 0) is 11.6 Å². The molecule has 0 aromatic carbocycles. The van der Waals surface area contributed by atoms with Gasteiger partial charge in [0.1, 0.15) is 0 Å². The van der Waals surface area contributed by atoms with Crippen molar-refractivity contribution < 1.29 is 11.6 Å². The zero-order valence-electron chi connectivity index (χ0n) is 5.33. The molecule has 0 saturated heterocycles. The molecule has 0 radical (unpaired) electrons. The fourth-order valence-electron chi connectivity index (χ4n) is 0. The second-order valence-electron chi connectivity index (χ2n) is 3.33. The molecule has 0 saturated carbocycles. The van der Waals surface area contributed by atoms with Crippen molar-refractivity contribution in [2.24, 2.45) is 0 Å². The summed E-state index contributed by atoms with van der Waals surface area (Å²) in [6, 6.07) is 0. The maximum absolute atomic E-state index is 2.34. The predicted molar refractivity (Wildman–Crippen MR) is 29.3 cm³/mol. The standard InChI is InChI=1S/5CH3.Co/h5*1H3;. The van der Waals surface area contributed by atoms with E-state index in [0.717, 1.165) is 0 Å². The SMILES string of the molecule is [CH3][Co]([CH3])([CH3])([CH3])[CH3]. The molecule has 0 nitrogen and oxygen atoms in total. The second kappa shape index (κ2) is 1.01. The molecule has 44 valence electrons. The van der Waals surface area contributed by atoms with E-state index in [1.54, 1.807) is 0 Å². The first-order valence-electron chi connectivity index (χ1n) is 1.67. The van der Waals surface area contributed by atoms with Gasteiger partial charge in [0.2, 0.25) is 0 Å². The number of rotatable bonds is 0. The third-order valence-corrected chi connectivity index (χ3v) is 0. The molecule has 0 aliphatic carbocycles. The summed E-state index contributed by atoms with van der Waals surface area (Å²) in [5.74, 6) is 11.7. The van der Waals surface area contributed by atoms with Crippen molar-refractivity contribution in [2.45, 2.75) is 29.3 Å². The Labute approximate surface area is 41.5 Å². The molecule has 0 aromatic rings. The van der Waals surface area contributed by atoms with Crippen LogP contribution in [0.15, 0.2) is 0 Å². The van der Waals surface area contributed by atoms with Crippen molar-refractivity contribution in [3.05, 3.63) is 0 Å². The molecular weight excluding hydrogens is 119 g/mol. The van der Waals surface area contributed by atoms with Crippen LogP contribution in [0.1, 0.15) is 0 Å². The van der Waals surface area contributed by atoms with Crippen LogP contribution >= 0.6 is 0 Å². The van der Waals surface area contributed by atoms with Crippen LogP contribution in [0.3, 0.4) is 0 Å². The Morgan fingerprint density at radius 1 is 0.667 bits per heavy atom. The van der Waals surface area contributed by atoms with E-state index in [-0.39, 0.29) is 0 Å². The molecule has 0 N–H and O–H groups in total. The van der Waals surface area contributed by atoms with Crippen LogP contribution in [0.4, 0.5) is 0 Å². The molecule has 0 atom stereocenters. The molecule has 0 spiro atoms. The van der Waals surface area contributed by atoms with Crippen LogP contribution in [0, 0.1) is 0 Å². The molecule has 0 aromatic heterocycles. The summed E-state index contributed by atoms with van der Waals surface area (Å²) >= 11 is -1.04. The van der Waals surface area contributed by atoms with Gasteiger partial charge in [-0.05, 0) is 0 Å². The Hall–Kier alpha value is 0.506. The first-order valence-corrected chi connectivity index (χ1v) is 6.87. The van der Waals surface area contributed by atoms with E-state index in [9.17, 15) is 0 Å². The number of hydrogen-bond acceptors (Lipinski definition) is 0. The Balaban J connectivity index is 3.73. The molecule has 6 heavy (non-hydrogen) atoms. The third-order valence-electron chi connectivity index (χ3n) is 0. The van der Waals surface area contributed by atoms with Crippen molar-refractivity contribution >= 4 is 0 Å². The Morgan fingerprint density at radius 2 is 0.667 bits per heavy atom. The normalized spacial score (nSPS) is 19.2. The Morgan fingerprint density at radius 3 is 0.667 bits per heavy atom. The summed E-state index contributed by atoms with van der Waals surface area (Å²) < 4.78 is 0. The van der Waals surface area contributed by atoms with Gasteiger partial charge in [0.25, 0.3) is 0 Å². The summed E-state index contributed by atoms with van der Waals surface area (Å²) in [5.41, 5.74) is 0. The van der Waals surface area contributed by atoms with E-state index >= 15 is 0 Å². The van der Waals surface area contributed by atoms with Gasteiger partial charge in [-0.3, -0.25) is 0 Å². The first-order chi connectivity index (χ1) is 2.24. The summed E-state index contributed by atoms with van der Waals surface area (Å²) in [4.78, 5) is 0. The third kappa shape index (κ3) is 216. The van der Waals surface area contributed by atoms with Crippen molar-refractivity contribution in [3.63, 3.8) is 0 Å². The average Bonchev–Trinajstić information content (AvgIpc) is 0.650. The molecule has 0 amide bonds. The summed E-state index contributed by atoms with van der Waals surface area (Å²) in [6.07, 6.45) is 0. The van der Waals surface area contributed by atoms with Gasteiger partial charge in [-0.25, -0.2) is 0 Å². The molecule has 0 rings (SSSR count). The summed E-state index contributed by atoms with van der Waals surface area (Å²) in [5, 5.41) is 0. The zero-order chi connectivity index (χ0) is 5.45. The fourth-order valence-corrected chi connectivity index (χ4v) is 0. The van der Waals surface area contributed by atoms with E-state index in [0.29, 0.717) is 0 Å². The summed E-state index contributed by atoms with van der Waals surface area (Å²) in [6.45, 7) is 0. The Kier molecular flexibility index (Phi) is 1.10. The molecule has 0 bridgehead atoms. The van der Waals surface area contributed by atoms with Gasteiger partial charge in [-0.15, -0.1) is 0 Å². The van der Waals surface area contributed by atoms with Crippen LogP contribution < -0.4 is 0 Å². The van der Waals surface area contributed by atoms with E-state index in [1.165, 1.54) is 0 Å². The van der Waals surface area contributed by atoms with E-state index in [4.69, 9.17) is 0 Å². The predicted octanol–water partition coefficient (Wildman–Crippen LogP) is 2.92. The van der Waals surface area contributed by atoms with Crippen molar-refractivity contribution in [3.8, 4) is 0 Å². The zero-order valence-corrected chi connectivity index (χ0v) is 6.37. The van der Waals surface area contributed by atoms with Gasteiger partial charge in [-0.1, -0.05) is 0 Å². The van der Waals surface area contributed by atoms with Crippen LogP contribution in [0.2, 0.25) is 29.3 Å². The molecule has 0 fully saturated rings. The van der Waals surface area contributed by atoms with E-state index < -0.39 is 11.6 Å². The molecule has 1 heteroatoms. The fraction of sp³-hybridized carbons (Fsp3) is 1.00. The minimum absolute atomic E-state index is 1.04. The average molecular weight is 134 g/mol. The van der Waals surface area contributed by atoms with Gasteiger partial charge in [0, 0.05) is 0 Å². The maximum atomic E-state index is 2.34. The molecule has 0 unspecified atom stereocenters. The monoisotopic (exact) mass is 134 g/mol. The van der Waals surface area contributed by atoms with Crippen molar-refractivity contribution in [1.29, 1.82) is 0 Å². The van der Waals surface area contributed by atoms with Gasteiger partial charge in [0.15, 0.2) is 0 Å². The topological polar surface area (TPSA) is 0 Å². The van der Waals surface area contributed by atoms with Crippen molar-refractivity contribution in [2.75, 3.05) is 0 Å². The summed E-state index contributed by atoms with van der Waals surface area (Å²) in [7, 11) is 0. The molecule has 0 aliphatic rings. The Bertz CT molecular complexity index is 37.1. The van der Waals surface area contributed by atoms with Gasteiger partial charge >= 0.3 is 40.9 Å². The van der Waals surface area contributed by atoms with Gasteiger partial charge in [0.05, 0.1) is 0 Å². The van der Waals surface area contributed by atoms with Crippen molar-refractivity contribution in [1.82, 2.24) is 0 Å². The van der Waals surface area contributed by atoms with E-state index in [1.807, 2.05) is 0 Å². The van der Waals surface area contributed by atoms with E-state index in [2.05, 4.69) is 29.3 Å². The molecule has 0 heterocycles. The van der Waals surface area contributed by atoms with Gasteiger partial charge < -0.3 is 0 Å². The van der Waals surface area contributed by atoms with Crippen LogP contribution in [0.25, 0.3) is 0 Å². The first kappa shape index (κ1) is 6.51. The number of hydrogen-bond donors (Lipinski definition) is 0. The quantitative estimate of drug-likeness (QED) is 0.477. The minimum atomic E-state index is -1.04. The molecular formula is C5H15Co. The second-order valence-corrected chi connectivity index (χ2v) is 13.7. The molecule has 0 aliphatic heterocycles.